The minimum absolute atomic E-state index is 0.226. The third-order valence-corrected chi connectivity index (χ3v) is 4.17. The molecule has 0 aliphatic carbocycles. The Hall–Kier alpha value is -2.15. The van der Waals surface area contributed by atoms with Crippen LogP contribution < -0.4 is 5.32 Å². The highest BCUT2D eigenvalue weighted by atomic mass is 32.2. The molecule has 1 amide bonds. The number of aliphatic carboxylic acids is 1. The molecule has 1 aromatic carbocycles. The van der Waals surface area contributed by atoms with Gasteiger partial charge in [0.15, 0.2) is 5.17 Å². The van der Waals surface area contributed by atoms with Crippen LogP contribution in [0.1, 0.15) is 37.3 Å². The van der Waals surface area contributed by atoms with Crippen LogP contribution in [-0.2, 0) is 9.59 Å². The van der Waals surface area contributed by atoms with Crippen LogP contribution in [-0.4, -0.2) is 33.6 Å². The third-order valence-electron chi connectivity index (χ3n) is 3.09. The molecular formula is C15H17N3O3S. The minimum atomic E-state index is -1.01. The van der Waals surface area contributed by atoms with E-state index in [-0.39, 0.29) is 12.3 Å². The summed E-state index contributed by atoms with van der Waals surface area (Å²) in [5, 5.41) is 18.7. The van der Waals surface area contributed by atoms with Gasteiger partial charge in [0.2, 0.25) is 5.91 Å². The monoisotopic (exact) mass is 319 g/mol. The highest BCUT2D eigenvalue weighted by molar-refractivity contribution is 8.15. The summed E-state index contributed by atoms with van der Waals surface area (Å²) in [5.74, 6) is -0.882. The smallest absolute Gasteiger partial charge is 0.305 e. The molecule has 1 aliphatic heterocycles. The zero-order valence-corrected chi connectivity index (χ0v) is 13.1. The summed E-state index contributed by atoms with van der Waals surface area (Å²) < 4.78 is 0. The maximum atomic E-state index is 11.5. The van der Waals surface area contributed by atoms with E-state index in [9.17, 15) is 9.59 Å². The van der Waals surface area contributed by atoms with Crippen LogP contribution in [0, 0.1) is 0 Å². The number of carboxylic acids is 1. The van der Waals surface area contributed by atoms with Crippen molar-refractivity contribution in [2.45, 2.75) is 31.4 Å². The van der Waals surface area contributed by atoms with Gasteiger partial charge in [-0.25, -0.2) is 0 Å². The first-order valence-corrected chi connectivity index (χ1v) is 7.74. The largest absolute Gasteiger partial charge is 0.481 e. The maximum Gasteiger partial charge on any atom is 0.305 e. The number of rotatable bonds is 5. The molecule has 1 heterocycles. The Labute approximate surface area is 132 Å². The second-order valence-corrected chi connectivity index (χ2v) is 6.36. The van der Waals surface area contributed by atoms with Gasteiger partial charge in [-0.05, 0) is 17.0 Å². The lowest BCUT2D eigenvalue weighted by Gasteiger charge is -2.03. The summed E-state index contributed by atoms with van der Waals surface area (Å²) in [6.45, 7) is 4.26. The molecule has 1 aromatic rings. The normalized spacial score (nSPS) is 20.0. The summed E-state index contributed by atoms with van der Waals surface area (Å²) in [7, 11) is 0. The van der Waals surface area contributed by atoms with Crippen molar-refractivity contribution in [1.29, 1.82) is 0 Å². The van der Waals surface area contributed by atoms with Crippen molar-refractivity contribution in [3.8, 4) is 0 Å². The van der Waals surface area contributed by atoms with Gasteiger partial charge in [0.25, 0.3) is 0 Å². The van der Waals surface area contributed by atoms with Crippen LogP contribution in [0.5, 0.6) is 0 Å². The molecule has 2 N–H and O–H groups in total. The average molecular weight is 319 g/mol. The minimum Gasteiger partial charge on any atom is -0.481 e. The quantitative estimate of drug-likeness (QED) is 0.643. The van der Waals surface area contributed by atoms with Crippen LogP contribution in [0.25, 0.3) is 0 Å². The SMILES string of the molecule is CC(C)c1ccc(/C=N/N=C2/NC(=O)[C@H](CC(=O)O)S2)cc1. The predicted octanol–water partition coefficient (Wildman–Crippen LogP) is 2.21. The number of amidine groups is 1. The van der Waals surface area contributed by atoms with Crippen LogP contribution in [0.2, 0.25) is 0 Å². The number of carboxylic acid groups (broad SMARTS) is 1. The van der Waals surface area contributed by atoms with E-state index in [1.165, 1.54) is 5.56 Å². The fraction of sp³-hybridized carbons (Fsp3) is 0.333. The van der Waals surface area contributed by atoms with Gasteiger partial charge in [-0.2, -0.15) is 5.10 Å². The van der Waals surface area contributed by atoms with E-state index in [0.29, 0.717) is 11.1 Å². The molecule has 1 fully saturated rings. The van der Waals surface area contributed by atoms with Crippen LogP contribution in [0.4, 0.5) is 0 Å². The van der Waals surface area contributed by atoms with Gasteiger partial charge < -0.3 is 10.4 Å². The Bertz CT molecular complexity index is 623. The van der Waals surface area contributed by atoms with Gasteiger partial charge in [0.1, 0.15) is 5.25 Å². The van der Waals surface area contributed by atoms with Crippen molar-refractivity contribution in [3.63, 3.8) is 0 Å². The summed E-state index contributed by atoms with van der Waals surface area (Å²) in [4.78, 5) is 22.1. The highest BCUT2D eigenvalue weighted by Gasteiger charge is 2.32. The van der Waals surface area contributed by atoms with Crippen LogP contribution in [0.15, 0.2) is 34.5 Å². The first-order chi connectivity index (χ1) is 10.5. The van der Waals surface area contributed by atoms with Gasteiger partial charge in [-0.3, -0.25) is 9.59 Å². The number of nitrogens with zero attached hydrogens (tertiary/aromatic N) is 2. The van der Waals surface area contributed by atoms with Crippen molar-refractivity contribution < 1.29 is 14.7 Å². The standard InChI is InChI=1S/C15H17N3O3S/c1-9(2)11-5-3-10(4-6-11)8-16-18-15-17-14(21)12(22-15)7-13(19)20/h3-6,8-9,12H,7H2,1-2H3,(H,19,20)(H,17,18,21)/b16-8+/t12-/m0/s1. The van der Waals surface area contributed by atoms with E-state index < -0.39 is 11.2 Å². The summed E-state index contributed by atoms with van der Waals surface area (Å²) >= 11 is 1.08. The first kappa shape index (κ1) is 16.2. The lowest BCUT2D eigenvalue weighted by Crippen LogP contribution is -2.26. The molecule has 0 bridgehead atoms. The fourth-order valence-electron chi connectivity index (χ4n) is 1.86. The van der Waals surface area contributed by atoms with E-state index in [2.05, 4.69) is 29.4 Å². The molecule has 1 aliphatic rings. The molecule has 0 spiro atoms. The number of carbonyl (C=O) groups excluding carboxylic acids is 1. The van der Waals surface area contributed by atoms with E-state index >= 15 is 0 Å². The number of hydrogen-bond donors (Lipinski definition) is 2. The van der Waals surface area contributed by atoms with Crippen molar-refractivity contribution >= 4 is 35.0 Å². The molecule has 0 aromatic heterocycles. The number of nitrogens with one attached hydrogen (secondary N) is 1. The molecule has 22 heavy (non-hydrogen) atoms. The van der Waals surface area contributed by atoms with E-state index in [4.69, 9.17) is 5.11 Å². The molecule has 0 saturated carbocycles. The second-order valence-electron chi connectivity index (χ2n) is 5.16. The summed E-state index contributed by atoms with van der Waals surface area (Å²) in [6.07, 6.45) is 1.37. The molecule has 116 valence electrons. The summed E-state index contributed by atoms with van der Waals surface area (Å²) in [5.41, 5.74) is 2.16. The number of benzene rings is 1. The van der Waals surface area contributed by atoms with Gasteiger partial charge in [-0.1, -0.05) is 49.9 Å². The topological polar surface area (TPSA) is 91.1 Å². The van der Waals surface area contributed by atoms with E-state index in [0.717, 1.165) is 17.3 Å². The zero-order chi connectivity index (χ0) is 16.1. The van der Waals surface area contributed by atoms with Gasteiger partial charge in [0, 0.05) is 0 Å². The van der Waals surface area contributed by atoms with Crippen molar-refractivity contribution in [3.05, 3.63) is 35.4 Å². The van der Waals surface area contributed by atoms with Crippen molar-refractivity contribution in [2.75, 3.05) is 0 Å². The average Bonchev–Trinajstić information content (AvgIpc) is 2.79. The van der Waals surface area contributed by atoms with E-state index in [1.807, 2.05) is 24.3 Å². The lowest BCUT2D eigenvalue weighted by molar-refractivity contribution is -0.138. The Morgan fingerprint density at radius 2 is 2.09 bits per heavy atom. The zero-order valence-electron chi connectivity index (χ0n) is 12.3. The first-order valence-electron chi connectivity index (χ1n) is 6.86. The van der Waals surface area contributed by atoms with Crippen LogP contribution in [0.3, 0.4) is 0 Å². The molecule has 0 radical (unpaired) electrons. The third kappa shape index (κ3) is 4.42. The maximum absolute atomic E-state index is 11.5. The molecule has 6 nitrogen and oxygen atoms in total. The fourth-order valence-corrected chi connectivity index (χ4v) is 2.78. The Balaban J connectivity index is 1.96. The van der Waals surface area contributed by atoms with Gasteiger partial charge in [0.05, 0.1) is 12.6 Å². The molecule has 0 unspecified atom stereocenters. The highest BCUT2D eigenvalue weighted by Crippen LogP contribution is 2.22. The second kappa shape index (κ2) is 7.22. The Morgan fingerprint density at radius 3 is 2.68 bits per heavy atom. The molecule has 2 rings (SSSR count). The summed E-state index contributed by atoms with van der Waals surface area (Å²) in [6, 6.07) is 7.97. The van der Waals surface area contributed by atoms with Gasteiger partial charge >= 0.3 is 5.97 Å². The molecule has 1 saturated heterocycles. The number of amides is 1. The number of thioether (sulfide) groups is 1. The predicted molar refractivity (Wildman–Crippen MR) is 87.3 cm³/mol. The number of hydrogen-bond acceptors (Lipinski definition) is 5. The number of carbonyl (C=O) groups is 2. The molecule has 7 heteroatoms. The molecular weight excluding hydrogens is 302 g/mol. The Morgan fingerprint density at radius 1 is 1.41 bits per heavy atom. The van der Waals surface area contributed by atoms with Crippen molar-refractivity contribution in [2.24, 2.45) is 10.2 Å². The lowest BCUT2D eigenvalue weighted by atomic mass is 10.0. The van der Waals surface area contributed by atoms with Crippen molar-refractivity contribution in [1.82, 2.24) is 5.32 Å². The molecule has 1 atom stereocenters. The van der Waals surface area contributed by atoms with Gasteiger partial charge in [-0.15, -0.1) is 5.10 Å². The van der Waals surface area contributed by atoms with Crippen LogP contribution >= 0.6 is 11.8 Å². The van der Waals surface area contributed by atoms with E-state index in [1.54, 1.807) is 6.21 Å². The Kier molecular flexibility index (Phi) is 5.32.